The quantitative estimate of drug-likeness (QED) is 0.842. The second-order valence-electron chi connectivity index (χ2n) is 2.82. The van der Waals surface area contributed by atoms with Gasteiger partial charge in [-0.25, -0.2) is 0 Å². The molecule has 1 atom stereocenters. The molecule has 0 radical (unpaired) electrons. The van der Waals surface area contributed by atoms with Gasteiger partial charge in [-0.1, -0.05) is 44.7 Å². The largest absolute Gasteiger partial charge is 0.300 e. The Labute approximate surface area is 102 Å². The molecule has 1 nitrogen and oxygen atoms in total. The Kier molecular flexibility index (Phi) is 4.67. The van der Waals surface area contributed by atoms with E-state index in [1.54, 1.807) is 0 Å². The van der Waals surface area contributed by atoms with Crippen LogP contribution in [0.15, 0.2) is 27.1 Å². The maximum atomic E-state index is 5.46. The van der Waals surface area contributed by atoms with E-state index >= 15 is 0 Å². The van der Waals surface area contributed by atoms with Crippen LogP contribution >= 0.6 is 31.9 Å². The summed E-state index contributed by atoms with van der Waals surface area (Å²) in [6.07, 6.45) is 5.46. The van der Waals surface area contributed by atoms with Crippen LogP contribution in [0, 0.1) is 12.3 Å². The molecular formula is C11H11Br2N. The van der Waals surface area contributed by atoms with Crippen molar-refractivity contribution in [1.82, 2.24) is 5.32 Å². The molecule has 0 bridgehead atoms. The summed E-state index contributed by atoms with van der Waals surface area (Å²) in [6, 6.07) is 5.96. The van der Waals surface area contributed by atoms with E-state index in [4.69, 9.17) is 6.42 Å². The predicted octanol–water partition coefficient (Wildman–Crippen LogP) is 3.50. The minimum Gasteiger partial charge on any atom is -0.300 e. The van der Waals surface area contributed by atoms with Crippen LogP contribution in [0.4, 0.5) is 0 Å². The summed E-state index contributed by atoms with van der Waals surface area (Å²) in [5.41, 5.74) is 1.09. The average Bonchev–Trinajstić information content (AvgIpc) is 2.18. The predicted molar refractivity (Wildman–Crippen MR) is 67.1 cm³/mol. The van der Waals surface area contributed by atoms with Crippen molar-refractivity contribution in [2.24, 2.45) is 0 Å². The van der Waals surface area contributed by atoms with E-state index in [1.165, 1.54) is 0 Å². The van der Waals surface area contributed by atoms with Crippen LogP contribution in [0.2, 0.25) is 0 Å². The molecule has 74 valence electrons. The number of terminal acetylenes is 1. The van der Waals surface area contributed by atoms with Crippen molar-refractivity contribution in [3.8, 4) is 12.3 Å². The Morgan fingerprint density at radius 2 is 2.21 bits per heavy atom. The molecule has 0 amide bonds. The van der Waals surface area contributed by atoms with Gasteiger partial charge in [-0.3, -0.25) is 0 Å². The van der Waals surface area contributed by atoms with Crippen molar-refractivity contribution >= 4 is 31.9 Å². The zero-order valence-corrected chi connectivity index (χ0v) is 11.0. The molecule has 0 heterocycles. The van der Waals surface area contributed by atoms with Gasteiger partial charge in [-0.2, -0.15) is 0 Å². The zero-order chi connectivity index (χ0) is 10.6. The molecule has 1 unspecified atom stereocenters. The van der Waals surface area contributed by atoms with Gasteiger partial charge in [0, 0.05) is 8.95 Å². The molecule has 1 aromatic carbocycles. The van der Waals surface area contributed by atoms with E-state index in [2.05, 4.69) is 43.1 Å². The number of hydrogen-bond donors (Lipinski definition) is 1. The van der Waals surface area contributed by atoms with Gasteiger partial charge < -0.3 is 5.32 Å². The smallest absolute Gasteiger partial charge is 0.0954 e. The monoisotopic (exact) mass is 315 g/mol. The normalized spacial score (nSPS) is 12.1. The minimum absolute atomic E-state index is 0.0353. The van der Waals surface area contributed by atoms with Crippen LogP contribution in [-0.4, -0.2) is 6.54 Å². The Morgan fingerprint density at radius 1 is 1.50 bits per heavy atom. The second kappa shape index (κ2) is 5.55. The van der Waals surface area contributed by atoms with Gasteiger partial charge in [0.05, 0.1) is 6.04 Å². The lowest BCUT2D eigenvalue weighted by Gasteiger charge is -2.13. The molecule has 0 saturated carbocycles. The lowest BCUT2D eigenvalue weighted by atomic mass is 10.1. The zero-order valence-electron chi connectivity index (χ0n) is 7.85. The highest BCUT2D eigenvalue weighted by atomic mass is 79.9. The highest BCUT2D eigenvalue weighted by Crippen LogP contribution is 2.26. The highest BCUT2D eigenvalue weighted by molar-refractivity contribution is 9.11. The lowest BCUT2D eigenvalue weighted by molar-refractivity contribution is 0.662. The number of halogens is 2. The highest BCUT2D eigenvalue weighted by Gasteiger charge is 2.10. The Balaban J connectivity index is 3.03. The van der Waals surface area contributed by atoms with E-state index in [-0.39, 0.29) is 6.04 Å². The fraction of sp³-hybridized carbons (Fsp3) is 0.273. The van der Waals surface area contributed by atoms with E-state index < -0.39 is 0 Å². The van der Waals surface area contributed by atoms with Crippen molar-refractivity contribution in [1.29, 1.82) is 0 Å². The Bertz CT molecular complexity index is 355. The molecule has 3 heteroatoms. The van der Waals surface area contributed by atoms with Gasteiger partial charge in [-0.05, 0) is 30.3 Å². The van der Waals surface area contributed by atoms with Crippen LogP contribution in [0.5, 0.6) is 0 Å². The summed E-state index contributed by atoms with van der Waals surface area (Å²) in [5.74, 6) is 2.73. The van der Waals surface area contributed by atoms with Crippen molar-refractivity contribution in [3.05, 3.63) is 32.7 Å². The second-order valence-corrected chi connectivity index (χ2v) is 4.59. The van der Waals surface area contributed by atoms with Crippen LogP contribution < -0.4 is 5.32 Å². The average molecular weight is 317 g/mol. The van der Waals surface area contributed by atoms with E-state index in [9.17, 15) is 0 Å². The number of hydrogen-bond acceptors (Lipinski definition) is 1. The first-order valence-electron chi connectivity index (χ1n) is 4.33. The molecule has 0 aliphatic carbocycles. The van der Waals surface area contributed by atoms with Gasteiger partial charge >= 0.3 is 0 Å². The summed E-state index contributed by atoms with van der Waals surface area (Å²) in [7, 11) is 0. The summed E-state index contributed by atoms with van der Waals surface area (Å²) in [4.78, 5) is 0. The third-order valence-electron chi connectivity index (χ3n) is 1.84. The first-order valence-corrected chi connectivity index (χ1v) is 5.92. The first-order chi connectivity index (χ1) is 6.69. The Hall–Kier alpha value is -0.300. The topological polar surface area (TPSA) is 12.0 Å². The summed E-state index contributed by atoms with van der Waals surface area (Å²) < 4.78 is 2.07. The number of benzene rings is 1. The molecule has 0 aromatic heterocycles. The van der Waals surface area contributed by atoms with Gasteiger partial charge in [0.25, 0.3) is 0 Å². The molecule has 14 heavy (non-hydrogen) atoms. The fourth-order valence-corrected chi connectivity index (χ4v) is 2.05. The fourth-order valence-electron chi connectivity index (χ4n) is 1.20. The minimum atomic E-state index is -0.0353. The third-order valence-corrected chi connectivity index (χ3v) is 3.06. The van der Waals surface area contributed by atoms with Gasteiger partial charge in [0.2, 0.25) is 0 Å². The van der Waals surface area contributed by atoms with Crippen LogP contribution in [0.3, 0.4) is 0 Å². The molecular weight excluding hydrogens is 306 g/mol. The maximum Gasteiger partial charge on any atom is 0.0954 e. The van der Waals surface area contributed by atoms with Crippen LogP contribution in [0.25, 0.3) is 0 Å². The number of nitrogens with one attached hydrogen (secondary N) is 1. The number of rotatable bonds is 3. The summed E-state index contributed by atoms with van der Waals surface area (Å²) >= 11 is 6.91. The molecule has 0 fully saturated rings. The standard InChI is InChI=1S/C11H11Br2N/c1-3-11(14-4-2)9-7-8(12)5-6-10(9)13/h1,5-7,11,14H,4H2,2H3. The van der Waals surface area contributed by atoms with Crippen molar-refractivity contribution in [2.75, 3.05) is 6.54 Å². The molecule has 0 aliphatic heterocycles. The van der Waals surface area contributed by atoms with Crippen molar-refractivity contribution in [3.63, 3.8) is 0 Å². The van der Waals surface area contributed by atoms with Gasteiger partial charge in [-0.15, -0.1) is 6.42 Å². The molecule has 0 aliphatic rings. The molecule has 1 rings (SSSR count). The maximum absolute atomic E-state index is 5.46. The van der Waals surface area contributed by atoms with Crippen LogP contribution in [-0.2, 0) is 0 Å². The van der Waals surface area contributed by atoms with Crippen LogP contribution in [0.1, 0.15) is 18.5 Å². The van der Waals surface area contributed by atoms with Gasteiger partial charge in [0.15, 0.2) is 0 Å². The van der Waals surface area contributed by atoms with E-state index in [0.717, 1.165) is 21.1 Å². The van der Waals surface area contributed by atoms with Gasteiger partial charge in [0.1, 0.15) is 0 Å². The molecule has 0 saturated heterocycles. The molecule has 1 N–H and O–H groups in total. The van der Waals surface area contributed by atoms with E-state index in [1.807, 2.05) is 25.1 Å². The Morgan fingerprint density at radius 3 is 2.79 bits per heavy atom. The molecule has 0 spiro atoms. The molecule has 1 aromatic rings. The third kappa shape index (κ3) is 2.84. The SMILES string of the molecule is C#CC(NCC)c1cc(Br)ccc1Br. The lowest BCUT2D eigenvalue weighted by Crippen LogP contribution is -2.19. The van der Waals surface area contributed by atoms with E-state index in [0.29, 0.717) is 0 Å². The first kappa shape index (κ1) is 11.8. The van der Waals surface area contributed by atoms with Crippen molar-refractivity contribution in [2.45, 2.75) is 13.0 Å². The summed E-state index contributed by atoms with van der Waals surface area (Å²) in [6.45, 7) is 2.89. The van der Waals surface area contributed by atoms with Crippen molar-refractivity contribution < 1.29 is 0 Å². The summed E-state index contributed by atoms with van der Waals surface area (Å²) in [5, 5.41) is 3.23.